The number of carbonyl (C=O) groups is 6. The molecule has 0 bridgehead atoms. The number of hydrogen-bond acceptors (Lipinski definition) is 14. The first kappa shape index (κ1) is 85.0. The van der Waals surface area contributed by atoms with Gasteiger partial charge in [0.15, 0.2) is 8.32 Å². The van der Waals surface area contributed by atoms with Crippen LogP contribution in [0.5, 0.6) is 5.75 Å². The third-order valence-electron chi connectivity index (χ3n) is 23.1. The number of nitrogens with zero attached hydrogens (tertiary/aromatic N) is 3. The molecule has 20 nitrogen and oxygen atoms in total. The molecule has 4 rings (SSSR count). The average molecular weight is 1450 g/mol. The minimum atomic E-state index is -2.93. The van der Waals surface area contributed by atoms with E-state index in [2.05, 4.69) is 229 Å². The molecule has 0 aromatic heterocycles. The van der Waals surface area contributed by atoms with Gasteiger partial charge in [0.25, 0.3) is 0 Å². The third kappa shape index (κ3) is 20.7. The summed E-state index contributed by atoms with van der Waals surface area (Å²) in [6.07, 6.45) is -4.39. The zero-order chi connectivity index (χ0) is 74.3. The van der Waals surface area contributed by atoms with Crippen molar-refractivity contribution in [2.45, 2.75) is 334 Å². The molecule has 3 aliphatic rings. The maximum atomic E-state index is 16.6. The Hall–Kier alpha value is -3.39. The summed E-state index contributed by atoms with van der Waals surface area (Å²) < 4.78 is 48.1. The van der Waals surface area contributed by atoms with E-state index in [0.29, 0.717) is 5.75 Å². The van der Waals surface area contributed by atoms with E-state index in [0.717, 1.165) is 12.8 Å². The Morgan fingerprint density at radius 2 is 0.938 bits per heavy atom. The number of benzene rings is 1. The van der Waals surface area contributed by atoms with Crippen molar-refractivity contribution in [2.24, 2.45) is 10.8 Å². The summed E-state index contributed by atoms with van der Waals surface area (Å²) in [6, 6.07) is -0.549. The fourth-order valence-electron chi connectivity index (χ4n) is 10.6. The molecule has 12 atom stereocenters. The molecule has 0 aliphatic carbocycles. The first-order chi connectivity index (χ1) is 43.0. The van der Waals surface area contributed by atoms with Crippen LogP contribution in [0.15, 0.2) is 29.2 Å². The topological polar surface area (TPSA) is 234 Å². The average Bonchev–Trinajstić information content (AvgIpc) is 1.58. The second-order valence-corrected chi connectivity index (χ2v) is 65.5. The van der Waals surface area contributed by atoms with Crippen LogP contribution < -0.4 is 25.7 Å². The van der Waals surface area contributed by atoms with Gasteiger partial charge in [-0.3, -0.25) is 0 Å². The molecule has 3 saturated heterocycles. The van der Waals surface area contributed by atoms with E-state index in [9.17, 15) is 0 Å². The molecule has 1 aromatic rings. The van der Waals surface area contributed by atoms with Crippen LogP contribution in [0.2, 0.25) is 109 Å². The van der Waals surface area contributed by atoms with Gasteiger partial charge in [-0.15, -0.1) is 0 Å². The second kappa shape index (κ2) is 30.7. The molecule has 1 aromatic carbocycles. The predicted octanol–water partition coefficient (Wildman–Crippen LogP) is 12.5. The minimum absolute atomic E-state index is 0.0396. The molecule has 27 heteroatoms. The van der Waals surface area contributed by atoms with Crippen LogP contribution in [-0.2, 0) is 62.0 Å². The number of rotatable bonds is 19. The van der Waals surface area contributed by atoms with Crippen molar-refractivity contribution in [3.63, 3.8) is 0 Å². The number of fused-ring (bicyclic) bond motifs is 2. The summed E-state index contributed by atoms with van der Waals surface area (Å²) >= 11 is 0. The Morgan fingerprint density at radius 3 is 1.39 bits per heavy atom. The molecule has 6 amide bonds. The molecule has 3 heterocycles. The Bertz CT molecular complexity index is 2910. The standard InChI is InChI=1S/C69H132BN7O13Si6/c1-44-42-77-56(57(44)90-96(33,34)69(19,20)21)61(81)71-41-50(75-70-84-22)58(78)72-53(45(2)85-91(23,24)64(4,5)6)62(82)76-43-49(88-94(29,30)67(13,14)15)40-51(76)59(79)74-55(60(80)73-54(63(77)83)46(3)86-92(25,26)65(7,8)9)52(89-95(31,32)68(16,17)18)39-47-35-37-48(38-36-47)87-93(27,28)66(10,11)12/h35-38,44-46,49-57H,39-43H2,1-34H3,(H,71,81)(H,72,78)(H,73,80)(H,74,79)/t44-,45?,46?,49+,50?,51-,52+,53-,54-,55-,56-,57-/m0/s1. The number of hydrogen-bond donors (Lipinski definition) is 4. The van der Waals surface area contributed by atoms with Gasteiger partial charge < -0.3 is 8.85 Å². The Kier molecular flexibility index (Phi) is 27.2. The van der Waals surface area contributed by atoms with Gasteiger partial charge in [0, 0.05) is 0 Å². The first-order valence-electron chi connectivity index (χ1n) is 35.1. The summed E-state index contributed by atoms with van der Waals surface area (Å²) in [5.41, 5.74) is 0.789. The van der Waals surface area contributed by atoms with Crippen molar-refractivity contribution < 1.29 is 60.0 Å². The Morgan fingerprint density at radius 1 is 0.521 bits per heavy atom. The van der Waals surface area contributed by atoms with Crippen molar-refractivity contribution in [3.05, 3.63) is 29.8 Å². The van der Waals surface area contributed by atoms with Crippen LogP contribution in [-0.4, -0.2) is 196 Å². The zero-order valence-electron chi connectivity index (χ0n) is 66.0. The van der Waals surface area contributed by atoms with Crippen LogP contribution in [0.4, 0.5) is 0 Å². The maximum absolute atomic E-state index is 16.6. The van der Waals surface area contributed by atoms with Gasteiger partial charge in [-0.25, -0.2) is 0 Å². The van der Waals surface area contributed by atoms with Crippen molar-refractivity contribution in [1.29, 1.82) is 0 Å². The quantitative estimate of drug-likeness (QED) is 0.0945. The molecular weight excluding hydrogens is 1310 g/mol. The molecule has 548 valence electrons. The Balaban J connectivity index is 2.23. The zero-order valence-corrected chi connectivity index (χ0v) is 72.0. The van der Waals surface area contributed by atoms with E-state index < -0.39 is 170 Å². The van der Waals surface area contributed by atoms with Gasteiger partial charge in [-0.2, -0.15) is 0 Å². The van der Waals surface area contributed by atoms with Crippen molar-refractivity contribution in [1.82, 2.24) is 31.1 Å². The second-order valence-electron chi connectivity index (χ2n) is 37.0. The molecule has 0 radical (unpaired) electrons. The molecule has 4 N–H and O–H groups in total. The molecule has 3 fully saturated rings. The van der Waals surface area contributed by atoms with Crippen molar-refractivity contribution in [3.8, 4) is 5.75 Å². The van der Waals surface area contributed by atoms with Crippen molar-refractivity contribution >= 4 is 92.6 Å². The van der Waals surface area contributed by atoms with E-state index in [1.165, 1.54) is 16.9 Å². The van der Waals surface area contributed by atoms with Gasteiger partial charge >= 0.3 is 386 Å². The molecule has 96 heavy (non-hydrogen) atoms. The van der Waals surface area contributed by atoms with Crippen molar-refractivity contribution in [2.75, 3.05) is 26.7 Å². The summed E-state index contributed by atoms with van der Waals surface area (Å²) in [5.74, 6) is -3.68. The number of amides is 6. The van der Waals surface area contributed by atoms with Crippen LogP contribution >= 0.6 is 0 Å². The summed E-state index contributed by atoms with van der Waals surface area (Å²) in [5, 5.41) is 10.8. The summed E-state index contributed by atoms with van der Waals surface area (Å²) in [6.45, 7) is 68.5. The van der Waals surface area contributed by atoms with E-state index in [-0.39, 0.29) is 51.1 Å². The van der Waals surface area contributed by atoms with E-state index in [1.807, 2.05) is 31.2 Å². The third-order valence-corrected chi connectivity index (χ3v) is 50.1. The van der Waals surface area contributed by atoms with Gasteiger partial charge in [-0.1, -0.05) is 95.2 Å². The molecule has 3 aliphatic heterocycles. The van der Waals surface area contributed by atoms with Gasteiger partial charge in [0.2, 0.25) is 8.32 Å². The molecular formula is C69H132BN7O13Si6. The van der Waals surface area contributed by atoms with Gasteiger partial charge in [-0.05, 0) is 78.5 Å². The molecule has 0 spiro atoms. The van der Waals surface area contributed by atoms with Crippen LogP contribution in [0.25, 0.3) is 0 Å². The SMILES string of the molecule is COB=NC1CNC(=O)[C@@H]2[C@@H](O[Si](C)(C)C(C)(C)C)[C@@H](C)CN2C(=O)[C@H](C(C)O[Si](C)(C)C(C)(C)C)NC(=O)[C@H]([C@@H](Cc2ccc(O[Si](C)(C)C(C)(C)C)cc2)O[Si](C)(C)C(C)(C)C)NC(=O)[C@@H]2C[C@@H](O[Si](C)(C)C(C)(C)C)CN2C(=O)[C@H](C(C)O[Si](C)(C)C(C)(C)C)NC1=O. The van der Waals surface area contributed by atoms with E-state index in [4.69, 9.17) is 31.2 Å². The summed E-state index contributed by atoms with van der Waals surface area (Å²) in [7, 11) is -13.5. The monoisotopic (exact) mass is 1450 g/mol. The first-order valence-corrected chi connectivity index (χ1v) is 52.5. The Labute approximate surface area is 587 Å². The molecule has 3 unspecified atom stereocenters. The van der Waals surface area contributed by atoms with Crippen LogP contribution in [0.3, 0.4) is 0 Å². The number of carbonyl (C=O) groups excluding carboxylic acids is 6. The van der Waals surface area contributed by atoms with Crippen LogP contribution in [0.1, 0.15) is 157 Å². The van der Waals surface area contributed by atoms with Gasteiger partial charge in [0.1, 0.15) is 5.75 Å². The molecule has 0 saturated carbocycles. The summed E-state index contributed by atoms with van der Waals surface area (Å²) in [4.78, 5) is 104. The predicted molar refractivity (Wildman–Crippen MR) is 402 cm³/mol. The van der Waals surface area contributed by atoms with E-state index >= 15 is 28.8 Å². The van der Waals surface area contributed by atoms with E-state index in [1.54, 1.807) is 13.8 Å². The number of nitrogens with one attached hydrogen (secondary N) is 4. The fourth-order valence-corrected chi connectivity index (χ4v) is 18.6. The normalized spacial score (nSPS) is 25.5. The fraction of sp³-hybridized carbons (Fsp3) is 0.826. The van der Waals surface area contributed by atoms with Gasteiger partial charge in [0.05, 0.1) is 0 Å². The van der Waals surface area contributed by atoms with Crippen LogP contribution in [0, 0.1) is 5.92 Å².